The van der Waals surface area contributed by atoms with Crippen molar-refractivity contribution >= 4 is 0 Å². The molecule has 1 heterocycles. The zero-order valence-corrected chi connectivity index (χ0v) is 11.2. The first-order valence-electron chi connectivity index (χ1n) is 7.32. The third-order valence-corrected chi connectivity index (χ3v) is 4.65. The fourth-order valence-electron chi connectivity index (χ4n) is 3.28. The molecule has 2 unspecified atom stereocenters. The Labute approximate surface area is 106 Å². The first-order valence-corrected chi connectivity index (χ1v) is 7.32. The maximum atomic E-state index is 9.39. The van der Waals surface area contributed by atoms with Crippen molar-refractivity contribution in [3.8, 4) is 0 Å². The van der Waals surface area contributed by atoms with Gasteiger partial charge >= 0.3 is 0 Å². The van der Waals surface area contributed by atoms with Crippen molar-refractivity contribution in [3.05, 3.63) is 0 Å². The van der Waals surface area contributed by atoms with Gasteiger partial charge in [-0.1, -0.05) is 12.8 Å². The van der Waals surface area contributed by atoms with Crippen LogP contribution in [-0.2, 0) is 0 Å². The average Bonchev–Trinajstić information content (AvgIpc) is 2.38. The highest BCUT2D eigenvalue weighted by molar-refractivity contribution is 4.82. The van der Waals surface area contributed by atoms with E-state index in [9.17, 15) is 5.11 Å². The van der Waals surface area contributed by atoms with Crippen LogP contribution in [0.1, 0.15) is 38.5 Å². The van der Waals surface area contributed by atoms with E-state index in [0.29, 0.717) is 18.6 Å². The molecule has 17 heavy (non-hydrogen) atoms. The molecular formula is C14H28N2O. The zero-order valence-electron chi connectivity index (χ0n) is 11.2. The maximum absolute atomic E-state index is 9.39. The van der Waals surface area contributed by atoms with Gasteiger partial charge in [0.2, 0.25) is 0 Å². The third kappa shape index (κ3) is 3.94. The Morgan fingerprint density at radius 3 is 2.53 bits per heavy atom. The zero-order chi connectivity index (χ0) is 12.1. The summed E-state index contributed by atoms with van der Waals surface area (Å²) in [5.41, 5.74) is 0. The van der Waals surface area contributed by atoms with E-state index in [1.807, 2.05) is 0 Å². The topological polar surface area (TPSA) is 35.5 Å². The molecule has 0 radical (unpaired) electrons. The van der Waals surface area contributed by atoms with E-state index in [1.165, 1.54) is 51.6 Å². The van der Waals surface area contributed by atoms with Gasteiger partial charge in [0.05, 0.1) is 0 Å². The number of nitrogens with zero attached hydrogens (tertiary/aromatic N) is 1. The second-order valence-electron chi connectivity index (χ2n) is 5.99. The summed E-state index contributed by atoms with van der Waals surface area (Å²) in [6.45, 7) is 4.03. The van der Waals surface area contributed by atoms with Crippen molar-refractivity contribution in [2.75, 3.05) is 33.3 Å². The van der Waals surface area contributed by atoms with Gasteiger partial charge in [0.25, 0.3) is 0 Å². The minimum absolute atomic E-state index is 0.366. The summed E-state index contributed by atoms with van der Waals surface area (Å²) in [5, 5.41) is 13.1. The van der Waals surface area contributed by atoms with E-state index in [4.69, 9.17) is 0 Å². The fourth-order valence-corrected chi connectivity index (χ4v) is 3.28. The molecule has 100 valence electrons. The Kier molecular flexibility index (Phi) is 5.26. The number of hydrogen-bond acceptors (Lipinski definition) is 3. The van der Waals surface area contributed by atoms with E-state index >= 15 is 0 Å². The number of rotatable bonds is 4. The smallest absolute Gasteiger partial charge is 0.0474 e. The molecule has 0 aromatic rings. The van der Waals surface area contributed by atoms with Crippen molar-refractivity contribution in [2.45, 2.75) is 44.6 Å². The fraction of sp³-hybridized carbons (Fsp3) is 1.00. The summed E-state index contributed by atoms with van der Waals surface area (Å²) in [6, 6.07) is 0.577. The number of likely N-dealkylation sites (tertiary alicyclic amines) is 1. The van der Waals surface area contributed by atoms with Crippen LogP contribution in [0.15, 0.2) is 0 Å². The van der Waals surface area contributed by atoms with Crippen LogP contribution in [0, 0.1) is 11.8 Å². The van der Waals surface area contributed by atoms with Gasteiger partial charge in [0.1, 0.15) is 0 Å². The minimum atomic E-state index is 0.366. The Balaban J connectivity index is 1.69. The number of hydrogen-bond donors (Lipinski definition) is 2. The van der Waals surface area contributed by atoms with Gasteiger partial charge in [0.15, 0.2) is 0 Å². The first kappa shape index (κ1) is 13.3. The van der Waals surface area contributed by atoms with E-state index in [0.717, 1.165) is 12.5 Å². The highest BCUT2D eigenvalue weighted by atomic mass is 16.3. The number of nitrogens with one attached hydrogen (secondary N) is 1. The lowest BCUT2D eigenvalue weighted by molar-refractivity contribution is 0.143. The first-order chi connectivity index (χ1) is 8.29. The van der Waals surface area contributed by atoms with Gasteiger partial charge in [-0.25, -0.2) is 0 Å². The van der Waals surface area contributed by atoms with Crippen molar-refractivity contribution in [1.82, 2.24) is 10.2 Å². The van der Waals surface area contributed by atoms with Crippen molar-refractivity contribution in [1.29, 1.82) is 0 Å². The number of piperidine rings is 1. The van der Waals surface area contributed by atoms with Gasteiger partial charge in [-0.15, -0.1) is 0 Å². The lowest BCUT2D eigenvalue weighted by atomic mass is 9.84. The summed E-state index contributed by atoms with van der Waals surface area (Å²) >= 11 is 0. The van der Waals surface area contributed by atoms with E-state index in [1.54, 1.807) is 0 Å². The summed E-state index contributed by atoms with van der Waals surface area (Å²) in [6.07, 6.45) is 7.78. The molecule has 1 saturated carbocycles. The minimum Gasteiger partial charge on any atom is -0.396 e. The molecule has 2 aliphatic rings. The van der Waals surface area contributed by atoms with E-state index in [-0.39, 0.29) is 0 Å². The van der Waals surface area contributed by atoms with Crippen LogP contribution in [-0.4, -0.2) is 49.3 Å². The molecule has 1 aliphatic heterocycles. The van der Waals surface area contributed by atoms with E-state index in [2.05, 4.69) is 17.3 Å². The Bertz CT molecular complexity index is 214. The lowest BCUT2D eigenvalue weighted by Crippen LogP contribution is -2.44. The normalized spacial score (nSPS) is 32.8. The summed E-state index contributed by atoms with van der Waals surface area (Å²) in [7, 11) is 2.21. The van der Waals surface area contributed by atoms with Gasteiger partial charge in [0, 0.05) is 12.6 Å². The van der Waals surface area contributed by atoms with Crippen LogP contribution >= 0.6 is 0 Å². The van der Waals surface area contributed by atoms with Gasteiger partial charge in [-0.05, 0) is 64.2 Å². The van der Waals surface area contributed by atoms with Gasteiger partial charge < -0.3 is 15.3 Å². The summed E-state index contributed by atoms with van der Waals surface area (Å²) < 4.78 is 0. The van der Waals surface area contributed by atoms with Crippen molar-refractivity contribution in [2.24, 2.45) is 11.8 Å². The molecule has 1 aliphatic carbocycles. The largest absolute Gasteiger partial charge is 0.396 e. The lowest BCUT2D eigenvalue weighted by Gasteiger charge is -2.34. The van der Waals surface area contributed by atoms with Crippen LogP contribution in [0.3, 0.4) is 0 Å². The van der Waals surface area contributed by atoms with Crippen LogP contribution in [0.2, 0.25) is 0 Å². The number of aliphatic hydroxyl groups excluding tert-OH is 1. The van der Waals surface area contributed by atoms with Crippen LogP contribution in [0.4, 0.5) is 0 Å². The van der Waals surface area contributed by atoms with Crippen LogP contribution in [0.25, 0.3) is 0 Å². The third-order valence-electron chi connectivity index (χ3n) is 4.65. The Morgan fingerprint density at radius 1 is 1.12 bits per heavy atom. The second-order valence-corrected chi connectivity index (χ2v) is 5.99. The maximum Gasteiger partial charge on any atom is 0.0474 e. The molecule has 0 aromatic heterocycles. The molecule has 0 bridgehead atoms. The van der Waals surface area contributed by atoms with Crippen LogP contribution in [0.5, 0.6) is 0 Å². The summed E-state index contributed by atoms with van der Waals surface area (Å²) in [5.74, 6) is 1.36. The van der Waals surface area contributed by atoms with Gasteiger partial charge in [-0.2, -0.15) is 0 Å². The average molecular weight is 240 g/mol. The highest BCUT2D eigenvalue weighted by Gasteiger charge is 2.25. The van der Waals surface area contributed by atoms with Crippen molar-refractivity contribution in [3.63, 3.8) is 0 Å². The standard InChI is InChI=1S/C14H28N2O/c1-16-8-6-12(7-9-16)10-15-14-5-3-2-4-13(14)11-17/h12-15,17H,2-11H2,1H3. The molecule has 2 N–H and O–H groups in total. The predicted molar refractivity (Wildman–Crippen MR) is 71.1 cm³/mol. The summed E-state index contributed by atoms with van der Waals surface area (Å²) in [4.78, 5) is 2.42. The predicted octanol–water partition coefficient (Wildman–Crippen LogP) is 1.47. The molecule has 3 heteroatoms. The molecule has 0 aromatic carbocycles. The van der Waals surface area contributed by atoms with Gasteiger partial charge in [-0.3, -0.25) is 0 Å². The highest BCUT2D eigenvalue weighted by Crippen LogP contribution is 2.24. The molecule has 2 fully saturated rings. The monoisotopic (exact) mass is 240 g/mol. The quantitative estimate of drug-likeness (QED) is 0.781. The number of aliphatic hydroxyl groups is 1. The molecule has 2 rings (SSSR count). The Hall–Kier alpha value is -0.120. The van der Waals surface area contributed by atoms with Crippen molar-refractivity contribution < 1.29 is 5.11 Å². The molecule has 2 atom stereocenters. The van der Waals surface area contributed by atoms with Crippen LogP contribution < -0.4 is 5.32 Å². The SMILES string of the molecule is CN1CCC(CNC2CCCCC2CO)CC1. The molecule has 3 nitrogen and oxygen atoms in total. The second kappa shape index (κ2) is 6.72. The Morgan fingerprint density at radius 2 is 1.82 bits per heavy atom. The van der Waals surface area contributed by atoms with E-state index < -0.39 is 0 Å². The molecule has 0 amide bonds. The molecular weight excluding hydrogens is 212 g/mol. The molecule has 1 saturated heterocycles. The molecule has 0 spiro atoms.